The molecule has 1 aliphatic rings. The number of anilines is 1. The van der Waals surface area contributed by atoms with Gasteiger partial charge in [0.25, 0.3) is 0 Å². The summed E-state index contributed by atoms with van der Waals surface area (Å²) in [6.07, 6.45) is 0. The summed E-state index contributed by atoms with van der Waals surface area (Å²) < 4.78 is 0. The number of thioether (sulfide) groups is 1. The predicted molar refractivity (Wildman–Crippen MR) is 118 cm³/mol. The molecule has 1 fully saturated rings. The Balaban J connectivity index is 1.70. The fourth-order valence-corrected chi connectivity index (χ4v) is 4.43. The van der Waals surface area contributed by atoms with E-state index in [4.69, 9.17) is 11.6 Å². The number of halogens is 1. The Morgan fingerprint density at radius 1 is 1.00 bits per heavy atom. The minimum Gasteiger partial charge on any atom is -0.478 e. The van der Waals surface area contributed by atoms with Crippen LogP contribution in [0.4, 0.5) is 17.1 Å². The summed E-state index contributed by atoms with van der Waals surface area (Å²) in [6.45, 7) is 0. The highest BCUT2D eigenvalue weighted by atomic mass is 35.5. The molecule has 1 aliphatic heterocycles. The molecule has 0 aliphatic carbocycles. The summed E-state index contributed by atoms with van der Waals surface area (Å²) in [5.41, 5.74) is 2.25. The molecule has 1 N–H and O–H groups in total. The summed E-state index contributed by atoms with van der Waals surface area (Å²) in [6, 6.07) is 21.0. The van der Waals surface area contributed by atoms with E-state index < -0.39 is 5.97 Å². The number of hydrogen-bond donors (Lipinski definition) is 1. The Morgan fingerprint density at radius 3 is 2.40 bits per heavy atom. The lowest BCUT2D eigenvalue weighted by Gasteiger charge is -2.25. The lowest BCUT2D eigenvalue weighted by atomic mass is 10.1. The number of hydrogen-bond acceptors (Lipinski definition) is 5. The van der Waals surface area contributed by atoms with E-state index in [0.717, 1.165) is 5.56 Å². The van der Waals surface area contributed by atoms with Crippen molar-refractivity contribution in [3.63, 3.8) is 0 Å². The number of carbonyl (C=O) groups is 2. The van der Waals surface area contributed by atoms with Crippen LogP contribution in [0.1, 0.15) is 21.3 Å². The molecule has 0 spiro atoms. The molecule has 3 aromatic rings. The van der Waals surface area contributed by atoms with Crippen LogP contribution < -0.4 is 4.90 Å². The average Bonchev–Trinajstić information content (AvgIpc) is 3.14. The molecule has 1 saturated heterocycles. The Bertz CT molecular complexity index is 1120. The van der Waals surface area contributed by atoms with Crippen molar-refractivity contribution < 1.29 is 14.7 Å². The lowest BCUT2D eigenvalue weighted by molar-refractivity contribution is -0.115. The molecular weight excluding hydrogens is 422 g/mol. The zero-order chi connectivity index (χ0) is 21.1. The number of rotatable bonds is 5. The number of carbonyl (C=O) groups excluding carboxylic acids is 1. The SMILES string of the molecule is O=C(O)c1cc(N=Nc2ccccc2)ccc1N1C(=O)CSC1c1ccc(Cl)cc1. The average molecular weight is 438 g/mol. The van der Waals surface area contributed by atoms with E-state index in [9.17, 15) is 14.7 Å². The van der Waals surface area contributed by atoms with Crippen LogP contribution in [-0.2, 0) is 4.79 Å². The number of azo groups is 1. The first kappa shape index (κ1) is 20.1. The molecular formula is C22H16ClN3O3S. The Labute approximate surface area is 182 Å². The molecule has 150 valence electrons. The molecule has 30 heavy (non-hydrogen) atoms. The standard InChI is InChI=1S/C22H16ClN3O3S/c23-15-8-6-14(7-9-15)21-26(20(27)13-30-21)19-11-10-17(12-18(19)22(28)29)25-24-16-4-2-1-3-5-16/h1-12,21H,13H2,(H,28,29). The third-order valence-corrected chi connectivity index (χ3v) is 5.99. The zero-order valence-corrected chi connectivity index (χ0v) is 17.2. The van der Waals surface area contributed by atoms with Crippen molar-refractivity contribution >= 4 is 52.3 Å². The first-order valence-electron chi connectivity index (χ1n) is 9.06. The summed E-state index contributed by atoms with van der Waals surface area (Å²) >= 11 is 7.42. The van der Waals surface area contributed by atoms with Crippen LogP contribution in [0.5, 0.6) is 0 Å². The normalized spacial score (nSPS) is 16.4. The second kappa shape index (κ2) is 8.69. The molecule has 0 radical (unpaired) electrons. The smallest absolute Gasteiger partial charge is 0.337 e. The molecule has 6 nitrogen and oxygen atoms in total. The van der Waals surface area contributed by atoms with Crippen LogP contribution in [0.25, 0.3) is 0 Å². The Kier molecular flexibility index (Phi) is 5.83. The topological polar surface area (TPSA) is 82.3 Å². The van der Waals surface area contributed by atoms with E-state index in [2.05, 4.69) is 10.2 Å². The van der Waals surface area contributed by atoms with E-state index in [1.54, 1.807) is 36.4 Å². The summed E-state index contributed by atoms with van der Waals surface area (Å²) in [4.78, 5) is 26.1. The van der Waals surface area contributed by atoms with Crippen LogP contribution in [0.2, 0.25) is 5.02 Å². The highest BCUT2D eigenvalue weighted by Gasteiger charge is 2.36. The van der Waals surface area contributed by atoms with Crippen molar-refractivity contribution in [3.8, 4) is 0 Å². The van der Waals surface area contributed by atoms with Gasteiger partial charge in [0, 0.05) is 5.02 Å². The number of carboxylic acid groups (broad SMARTS) is 1. The van der Waals surface area contributed by atoms with Gasteiger partial charge in [0.05, 0.1) is 28.4 Å². The molecule has 4 rings (SSSR count). The number of aromatic carboxylic acids is 1. The van der Waals surface area contributed by atoms with Gasteiger partial charge in [0.2, 0.25) is 5.91 Å². The molecule has 0 aromatic heterocycles. The van der Waals surface area contributed by atoms with E-state index in [-0.39, 0.29) is 22.6 Å². The van der Waals surface area contributed by atoms with Crippen LogP contribution in [0.15, 0.2) is 83.0 Å². The molecule has 1 atom stereocenters. The second-order valence-corrected chi connectivity index (χ2v) is 8.03. The minimum atomic E-state index is -1.14. The number of amides is 1. The first-order valence-corrected chi connectivity index (χ1v) is 10.5. The molecule has 3 aromatic carbocycles. The van der Waals surface area contributed by atoms with Gasteiger partial charge in [-0.25, -0.2) is 4.79 Å². The van der Waals surface area contributed by atoms with Crippen LogP contribution >= 0.6 is 23.4 Å². The summed E-state index contributed by atoms with van der Waals surface area (Å²) in [5, 5.41) is 18.3. The summed E-state index contributed by atoms with van der Waals surface area (Å²) in [7, 11) is 0. The van der Waals surface area contributed by atoms with Crippen molar-refractivity contribution in [1.82, 2.24) is 0 Å². The van der Waals surface area contributed by atoms with E-state index in [1.165, 1.54) is 22.7 Å². The molecule has 1 heterocycles. The van der Waals surface area contributed by atoms with Crippen molar-refractivity contribution in [2.75, 3.05) is 10.7 Å². The number of nitrogens with zero attached hydrogens (tertiary/aromatic N) is 3. The fourth-order valence-electron chi connectivity index (χ4n) is 3.14. The number of benzene rings is 3. The largest absolute Gasteiger partial charge is 0.478 e. The third-order valence-electron chi connectivity index (χ3n) is 4.53. The monoisotopic (exact) mass is 437 g/mol. The predicted octanol–water partition coefficient (Wildman–Crippen LogP) is 6.23. The van der Waals surface area contributed by atoms with E-state index in [1.807, 2.05) is 30.3 Å². The zero-order valence-electron chi connectivity index (χ0n) is 15.6. The van der Waals surface area contributed by atoms with Crippen LogP contribution in [0, 0.1) is 0 Å². The quantitative estimate of drug-likeness (QED) is 0.479. The fraction of sp³-hybridized carbons (Fsp3) is 0.0909. The van der Waals surface area contributed by atoms with Gasteiger partial charge in [-0.15, -0.1) is 11.8 Å². The van der Waals surface area contributed by atoms with E-state index >= 15 is 0 Å². The van der Waals surface area contributed by atoms with Crippen LogP contribution in [-0.4, -0.2) is 22.7 Å². The van der Waals surface area contributed by atoms with Crippen molar-refractivity contribution in [3.05, 3.63) is 88.9 Å². The van der Waals surface area contributed by atoms with Gasteiger partial charge in [0.15, 0.2) is 0 Å². The minimum absolute atomic E-state index is 0.00525. The Hall–Kier alpha value is -3.16. The highest BCUT2D eigenvalue weighted by molar-refractivity contribution is 8.00. The van der Waals surface area contributed by atoms with Gasteiger partial charge in [0.1, 0.15) is 5.37 Å². The van der Waals surface area contributed by atoms with Gasteiger partial charge < -0.3 is 5.11 Å². The molecule has 8 heteroatoms. The third kappa shape index (κ3) is 4.22. The Morgan fingerprint density at radius 2 is 1.70 bits per heavy atom. The van der Waals surface area contributed by atoms with Crippen molar-refractivity contribution in [2.45, 2.75) is 5.37 Å². The van der Waals surface area contributed by atoms with Gasteiger partial charge in [-0.1, -0.05) is 41.9 Å². The van der Waals surface area contributed by atoms with Crippen LogP contribution in [0.3, 0.4) is 0 Å². The second-order valence-electron chi connectivity index (χ2n) is 6.52. The first-order chi connectivity index (χ1) is 14.5. The van der Waals surface area contributed by atoms with Gasteiger partial charge >= 0.3 is 5.97 Å². The van der Waals surface area contributed by atoms with Gasteiger partial charge in [-0.2, -0.15) is 10.2 Å². The maximum atomic E-state index is 12.6. The van der Waals surface area contributed by atoms with Crippen molar-refractivity contribution in [1.29, 1.82) is 0 Å². The van der Waals surface area contributed by atoms with E-state index in [0.29, 0.717) is 22.1 Å². The molecule has 0 saturated carbocycles. The molecule has 0 bridgehead atoms. The summed E-state index contributed by atoms with van der Waals surface area (Å²) in [5.74, 6) is -1.02. The van der Waals surface area contributed by atoms with Gasteiger partial charge in [-0.05, 0) is 48.0 Å². The number of carboxylic acids is 1. The van der Waals surface area contributed by atoms with Crippen molar-refractivity contribution in [2.24, 2.45) is 10.2 Å². The maximum Gasteiger partial charge on any atom is 0.337 e. The van der Waals surface area contributed by atoms with Gasteiger partial charge in [-0.3, -0.25) is 9.69 Å². The lowest BCUT2D eigenvalue weighted by Crippen LogP contribution is -2.29. The molecule has 1 amide bonds. The molecule has 1 unspecified atom stereocenters. The highest BCUT2D eigenvalue weighted by Crippen LogP contribution is 2.43. The maximum absolute atomic E-state index is 12.6.